The maximum absolute atomic E-state index is 12.5. The summed E-state index contributed by atoms with van der Waals surface area (Å²) >= 11 is 0. The molecule has 0 saturated carbocycles. The third-order valence-electron chi connectivity index (χ3n) is 4.55. The van der Waals surface area contributed by atoms with Gasteiger partial charge in [0.2, 0.25) is 5.91 Å². The molecule has 2 saturated heterocycles. The van der Waals surface area contributed by atoms with Gasteiger partial charge < -0.3 is 14.4 Å². The van der Waals surface area contributed by atoms with Crippen molar-refractivity contribution in [3.05, 3.63) is 29.8 Å². The lowest BCUT2D eigenvalue weighted by atomic mass is 10.1. The normalized spacial score (nSPS) is 20.1. The lowest BCUT2D eigenvalue weighted by Crippen LogP contribution is -2.42. The van der Waals surface area contributed by atoms with E-state index in [1.165, 1.54) is 0 Å². The van der Waals surface area contributed by atoms with E-state index in [2.05, 4.69) is 0 Å². The Hall–Kier alpha value is -2.57. The minimum absolute atomic E-state index is 0.0221. The Bertz CT molecular complexity index is 659. The molecule has 1 aromatic carbocycles. The highest BCUT2D eigenvalue weighted by Crippen LogP contribution is 2.23. The van der Waals surface area contributed by atoms with Crippen LogP contribution in [-0.2, 0) is 20.7 Å². The summed E-state index contributed by atoms with van der Waals surface area (Å²) in [4.78, 5) is 38.7. The number of imide groups is 1. The van der Waals surface area contributed by atoms with Crippen molar-refractivity contribution in [2.45, 2.75) is 32.2 Å². The molecule has 3 rings (SSSR count). The molecular formula is C18H22N2O5. The Kier molecular flexibility index (Phi) is 5.21. The lowest BCUT2D eigenvalue weighted by Gasteiger charge is -2.20. The molecular weight excluding hydrogens is 324 g/mol. The van der Waals surface area contributed by atoms with Crippen LogP contribution in [0, 0.1) is 0 Å². The molecule has 7 heteroatoms. The highest BCUT2D eigenvalue weighted by molar-refractivity contribution is 5.98. The molecule has 2 aliphatic heterocycles. The topological polar surface area (TPSA) is 76.2 Å². The Morgan fingerprint density at radius 3 is 2.84 bits per heavy atom. The molecule has 7 nitrogen and oxygen atoms in total. The largest absolute Gasteiger partial charge is 0.494 e. The van der Waals surface area contributed by atoms with E-state index in [0.717, 1.165) is 16.2 Å². The lowest BCUT2D eigenvalue weighted by molar-refractivity contribution is -0.131. The fraction of sp³-hybridized carbons (Fsp3) is 0.500. The number of nitrogens with zero attached hydrogens (tertiary/aromatic N) is 2. The number of para-hydroxylation sites is 1. The van der Waals surface area contributed by atoms with E-state index in [9.17, 15) is 14.4 Å². The van der Waals surface area contributed by atoms with Gasteiger partial charge in [-0.3, -0.25) is 9.59 Å². The van der Waals surface area contributed by atoms with Crippen LogP contribution in [0.5, 0.6) is 5.75 Å². The Balaban J connectivity index is 1.55. The van der Waals surface area contributed by atoms with Crippen LogP contribution >= 0.6 is 0 Å². The SMILES string of the molecule is CCOc1ccccc1CCC(=O)N1CCC(N2C(=O)COC2=O)C1. The third kappa shape index (κ3) is 3.75. The summed E-state index contributed by atoms with van der Waals surface area (Å²) in [5.74, 6) is 0.506. The molecule has 3 amide bonds. The number of carbonyl (C=O) groups excluding carboxylic acids is 3. The number of ether oxygens (including phenoxy) is 2. The number of cyclic esters (lactones) is 1. The van der Waals surface area contributed by atoms with Crippen LogP contribution in [-0.4, -0.2) is 60.1 Å². The van der Waals surface area contributed by atoms with Crippen LogP contribution in [0.15, 0.2) is 24.3 Å². The molecule has 0 spiro atoms. The van der Waals surface area contributed by atoms with Gasteiger partial charge in [0.25, 0.3) is 5.91 Å². The minimum Gasteiger partial charge on any atom is -0.494 e. The van der Waals surface area contributed by atoms with Gasteiger partial charge in [-0.05, 0) is 31.4 Å². The average molecular weight is 346 g/mol. The molecule has 2 heterocycles. The molecule has 0 aliphatic carbocycles. The molecule has 0 bridgehead atoms. The van der Waals surface area contributed by atoms with Gasteiger partial charge in [0.1, 0.15) is 5.75 Å². The number of hydrogen-bond donors (Lipinski definition) is 0. The van der Waals surface area contributed by atoms with Gasteiger partial charge in [0, 0.05) is 19.5 Å². The van der Waals surface area contributed by atoms with E-state index in [0.29, 0.717) is 39.0 Å². The van der Waals surface area contributed by atoms with Crippen LogP contribution in [0.3, 0.4) is 0 Å². The fourth-order valence-electron chi connectivity index (χ4n) is 3.30. The summed E-state index contributed by atoms with van der Waals surface area (Å²) in [5.41, 5.74) is 1.01. The van der Waals surface area contributed by atoms with Gasteiger partial charge in [-0.2, -0.15) is 0 Å². The van der Waals surface area contributed by atoms with Crippen molar-refractivity contribution in [1.82, 2.24) is 9.80 Å². The van der Waals surface area contributed by atoms with E-state index in [4.69, 9.17) is 9.47 Å². The Morgan fingerprint density at radius 2 is 2.12 bits per heavy atom. The summed E-state index contributed by atoms with van der Waals surface area (Å²) in [5, 5.41) is 0. The van der Waals surface area contributed by atoms with Crippen molar-refractivity contribution >= 4 is 17.9 Å². The first-order valence-electron chi connectivity index (χ1n) is 8.57. The van der Waals surface area contributed by atoms with Crippen molar-refractivity contribution in [1.29, 1.82) is 0 Å². The van der Waals surface area contributed by atoms with Crippen molar-refractivity contribution < 1.29 is 23.9 Å². The second-order valence-corrected chi connectivity index (χ2v) is 6.14. The standard InChI is InChI=1S/C18H22N2O5/c1-2-24-15-6-4-3-5-13(15)7-8-16(21)19-10-9-14(11-19)20-17(22)12-25-18(20)23/h3-6,14H,2,7-12H2,1H3. The zero-order valence-electron chi connectivity index (χ0n) is 14.3. The average Bonchev–Trinajstić information content (AvgIpc) is 3.21. The molecule has 2 aliphatic rings. The molecule has 25 heavy (non-hydrogen) atoms. The monoisotopic (exact) mass is 346 g/mol. The smallest absolute Gasteiger partial charge is 0.417 e. The predicted octanol–water partition coefficient (Wildman–Crippen LogP) is 1.60. The van der Waals surface area contributed by atoms with Crippen molar-refractivity contribution in [3.8, 4) is 5.75 Å². The van der Waals surface area contributed by atoms with E-state index >= 15 is 0 Å². The van der Waals surface area contributed by atoms with Crippen LogP contribution < -0.4 is 4.74 Å². The van der Waals surface area contributed by atoms with Gasteiger partial charge in [0.15, 0.2) is 6.61 Å². The number of amides is 3. The third-order valence-corrected chi connectivity index (χ3v) is 4.55. The second kappa shape index (κ2) is 7.55. The van der Waals surface area contributed by atoms with E-state index in [1.807, 2.05) is 31.2 Å². The summed E-state index contributed by atoms with van der Waals surface area (Å²) < 4.78 is 10.3. The summed E-state index contributed by atoms with van der Waals surface area (Å²) in [6.07, 6.45) is 0.966. The number of carbonyl (C=O) groups is 3. The number of rotatable bonds is 6. The van der Waals surface area contributed by atoms with Gasteiger partial charge in [-0.15, -0.1) is 0 Å². The van der Waals surface area contributed by atoms with Crippen LogP contribution in [0.25, 0.3) is 0 Å². The molecule has 1 atom stereocenters. The predicted molar refractivity (Wildman–Crippen MR) is 89.1 cm³/mol. The Morgan fingerprint density at radius 1 is 1.32 bits per heavy atom. The van der Waals surface area contributed by atoms with Crippen molar-refractivity contribution in [3.63, 3.8) is 0 Å². The molecule has 0 radical (unpaired) electrons. The zero-order chi connectivity index (χ0) is 17.8. The molecule has 0 aromatic heterocycles. The second-order valence-electron chi connectivity index (χ2n) is 6.14. The quantitative estimate of drug-likeness (QED) is 0.782. The number of benzene rings is 1. The van der Waals surface area contributed by atoms with Crippen LogP contribution in [0.2, 0.25) is 0 Å². The summed E-state index contributed by atoms with van der Waals surface area (Å²) in [7, 11) is 0. The van der Waals surface area contributed by atoms with Crippen LogP contribution in [0.1, 0.15) is 25.3 Å². The molecule has 1 unspecified atom stereocenters. The molecule has 2 fully saturated rings. The zero-order valence-corrected chi connectivity index (χ0v) is 14.3. The van der Waals surface area contributed by atoms with Gasteiger partial charge in [-0.25, -0.2) is 9.69 Å². The maximum atomic E-state index is 12.5. The van der Waals surface area contributed by atoms with Crippen molar-refractivity contribution in [2.24, 2.45) is 0 Å². The van der Waals surface area contributed by atoms with Gasteiger partial charge in [-0.1, -0.05) is 18.2 Å². The Labute approximate surface area is 146 Å². The molecule has 134 valence electrons. The molecule has 0 N–H and O–H groups in total. The minimum atomic E-state index is -0.602. The molecule has 1 aromatic rings. The maximum Gasteiger partial charge on any atom is 0.417 e. The van der Waals surface area contributed by atoms with Gasteiger partial charge >= 0.3 is 6.09 Å². The van der Waals surface area contributed by atoms with Crippen molar-refractivity contribution in [2.75, 3.05) is 26.3 Å². The van der Waals surface area contributed by atoms with E-state index in [1.54, 1.807) is 4.90 Å². The highest BCUT2D eigenvalue weighted by atomic mass is 16.6. The number of likely N-dealkylation sites (tertiary alicyclic amines) is 1. The van der Waals surface area contributed by atoms with Gasteiger partial charge in [0.05, 0.1) is 12.6 Å². The van der Waals surface area contributed by atoms with E-state index in [-0.39, 0.29) is 24.5 Å². The van der Waals surface area contributed by atoms with Crippen LogP contribution in [0.4, 0.5) is 4.79 Å². The van der Waals surface area contributed by atoms with E-state index < -0.39 is 6.09 Å². The first-order valence-corrected chi connectivity index (χ1v) is 8.57. The fourth-order valence-corrected chi connectivity index (χ4v) is 3.30. The highest BCUT2D eigenvalue weighted by Gasteiger charge is 2.41. The summed E-state index contributed by atoms with van der Waals surface area (Å²) in [6, 6.07) is 7.43. The number of hydrogen-bond acceptors (Lipinski definition) is 5. The number of aryl methyl sites for hydroxylation is 1. The summed E-state index contributed by atoms with van der Waals surface area (Å²) in [6.45, 7) is 3.24. The first kappa shape index (κ1) is 17.3. The first-order chi connectivity index (χ1) is 12.1.